The van der Waals surface area contributed by atoms with E-state index >= 15 is 0 Å². The molecule has 3 saturated heterocycles. The van der Waals surface area contributed by atoms with Gasteiger partial charge in [-0.05, 0) is 83.5 Å². The fourth-order valence-electron chi connectivity index (χ4n) is 17.0. The van der Waals surface area contributed by atoms with Gasteiger partial charge < -0.3 is 71.1 Å². The van der Waals surface area contributed by atoms with Crippen LogP contribution in [0.25, 0.3) is 0 Å². The first kappa shape index (κ1) is 88.7. The first-order chi connectivity index (χ1) is 62.4. The van der Waals surface area contributed by atoms with Crippen molar-refractivity contribution in [1.29, 1.82) is 0 Å². The van der Waals surface area contributed by atoms with Crippen molar-refractivity contribution >= 4 is 0 Å². The molecule has 0 saturated carbocycles. The van der Waals surface area contributed by atoms with Gasteiger partial charge in [0.2, 0.25) is 0 Å². The van der Waals surface area contributed by atoms with E-state index in [4.69, 9.17) is 71.1 Å². The van der Waals surface area contributed by atoms with E-state index in [-0.39, 0.29) is 79.3 Å². The number of rotatable bonds is 45. The van der Waals surface area contributed by atoms with Crippen LogP contribution in [-0.2, 0) is 170 Å². The highest BCUT2D eigenvalue weighted by atomic mass is 16.6. The lowest BCUT2D eigenvalue weighted by Crippen LogP contribution is -2.62. The second kappa shape index (κ2) is 47.7. The predicted molar refractivity (Wildman–Crippen MR) is 487 cm³/mol. The molecule has 0 N–H and O–H groups in total. The highest BCUT2D eigenvalue weighted by Crippen LogP contribution is 2.39. The minimum absolute atomic E-state index is 0.180. The maximum absolute atomic E-state index is 7.80. The van der Waals surface area contributed by atoms with Gasteiger partial charge in [0.05, 0.1) is 117 Å². The normalized spacial score (nSPS) is 22.4. The lowest BCUT2D eigenvalue weighted by atomic mass is 9.86. The molecule has 0 amide bonds. The molecule has 16 rings (SSSR count). The monoisotopic (exact) mass is 1690 g/mol. The molecule has 13 aromatic carbocycles. The van der Waals surface area contributed by atoms with Crippen molar-refractivity contribution < 1.29 is 71.1 Å². The summed E-state index contributed by atoms with van der Waals surface area (Å²) in [6.45, 7) is 4.02. The standard InChI is InChI=1S/C111H114O15/c1-13-37-82(38-14-1)67-112-79-100-106(118-73-88-49-25-7-26-50-88)109(121-76-91-55-31-10-32-56-91)103(115-70-85-43-19-4-20-44-85)97(124-100)64-94-61-95(65-98-104(116-71-86-45-21-5-22-46-86)110(122-77-92-57-33-11-34-58-92)107(119-74-89-51-27-8-28-52-89)101(125-98)80-113-68-83-39-15-2-16-40-83)63-96(62-94)66-99-105(117-72-87-47-23-6-24-48-87)111(123-78-93-59-35-12-36-60-93)108(120-75-90-53-29-9-30-54-90)102(126-99)81-114-69-84-41-17-3-18-42-84/h1-63,97-111H,64-81H2/t97-,98-,99-,100+,101+,102+,103-,104-,105-,106+,107+,108+,109+,110+,111+/m0/s1. The summed E-state index contributed by atoms with van der Waals surface area (Å²) in [5, 5.41) is 0. The largest absolute Gasteiger partial charge is 0.374 e. The van der Waals surface area contributed by atoms with Crippen molar-refractivity contribution in [2.75, 3.05) is 19.8 Å². The van der Waals surface area contributed by atoms with Crippen molar-refractivity contribution in [1.82, 2.24) is 0 Å². The topological polar surface area (TPSA) is 138 Å². The van der Waals surface area contributed by atoms with Gasteiger partial charge in [0, 0.05) is 19.3 Å². The quantitative estimate of drug-likeness (QED) is 0.0357. The summed E-state index contributed by atoms with van der Waals surface area (Å²) < 4.78 is 111. The van der Waals surface area contributed by atoms with Crippen LogP contribution in [-0.4, -0.2) is 111 Å². The lowest BCUT2D eigenvalue weighted by molar-refractivity contribution is -0.272. The van der Waals surface area contributed by atoms with Crippen LogP contribution in [0.2, 0.25) is 0 Å². The van der Waals surface area contributed by atoms with Gasteiger partial charge in [-0.1, -0.05) is 382 Å². The Balaban J connectivity index is 0.840. The van der Waals surface area contributed by atoms with E-state index in [9.17, 15) is 0 Å². The third-order valence-corrected chi connectivity index (χ3v) is 23.4. The summed E-state index contributed by atoms with van der Waals surface area (Å²) >= 11 is 0. The Morgan fingerprint density at radius 3 is 0.437 bits per heavy atom. The minimum atomic E-state index is -0.721. The summed E-state index contributed by atoms with van der Waals surface area (Å²) in [4.78, 5) is 0. The zero-order chi connectivity index (χ0) is 85.2. The Hall–Kier alpha value is -10.7. The Bertz CT molecular complexity index is 4650. The second-order valence-corrected chi connectivity index (χ2v) is 32.8. The fourth-order valence-corrected chi connectivity index (χ4v) is 17.0. The zero-order valence-corrected chi connectivity index (χ0v) is 71.4. The SMILES string of the molecule is c1ccc(COC[C@H]2O[C@@H](Cc3cc(C[C@@H]4O[C@H](COCc5ccccc5)[C@@H](OCc5ccccc5)[C@H](OCc5ccccc5)[C@H]4OCc4ccccc4)cc(C[C@@H]4O[C@H](COCc5ccccc5)[C@@H](OCc5ccccc5)[C@H](OCc5ccccc5)[C@H]4OCc4ccccc4)c3)[C@H](OCc3ccccc3)[C@@H](OCc3ccccc3)[C@@H]2OCc2ccccc2)cc1. The van der Waals surface area contributed by atoms with E-state index in [2.05, 4.69) is 164 Å². The summed E-state index contributed by atoms with van der Waals surface area (Å²) in [6, 6.07) is 130. The van der Waals surface area contributed by atoms with Gasteiger partial charge in [-0.2, -0.15) is 0 Å². The highest BCUT2D eigenvalue weighted by Gasteiger charge is 2.52. The minimum Gasteiger partial charge on any atom is -0.374 e. The lowest BCUT2D eigenvalue weighted by Gasteiger charge is -2.47. The molecule has 0 aromatic heterocycles. The molecule has 126 heavy (non-hydrogen) atoms. The number of hydrogen-bond donors (Lipinski definition) is 0. The molecular formula is C111H114O15. The first-order valence-electron chi connectivity index (χ1n) is 44.3. The molecule has 15 heteroatoms. The molecule has 15 nitrogen and oxygen atoms in total. The molecule has 0 unspecified atom stereocenters. The average molecular weight is 1690 g/mol. The Morgan fingerprint density at radius 1 is 0.143 bits per heavy atom. The van der Waals surface area contributed by atoms with Gasteiger partial charge in [0.25, 0.3) is 0 Å². The van der Waals surface area contributed by atoms with E-state index < -0.39 is 91.6 Å². The van der Waals surface area contributed by atoms with Gasteiger partial charge >= 0.3 is 0 Å². The second-order valence-electron chi connectivity index (χ2n) is 32.8. The van der Waals surface area contributed by atoms with Gasteiger partial charge in [-0.3, -0.25) is 0 Å². The zero-order valence-electron chi connectivity index (χ0n) is 71.4. The van der Waals surface area contributed by atoms with E-state index in [0.717, 1.165) is 83.5 Å². The Labute approximate surface area is 742 Å². The summed E-state index contributed by atoms with van der Waals surface area (Å²) in [7, 11) is 0. The van der Waals surface area contributed by atoms with Gasteiger partial charge in [0.1, 0.15) is 73.2 Å². The van der Waals surface area contributed by atoms with Crippen LogP contribution < -0.4 is 0 Å². The van der Waals surface area contributed by atoms with Crippen LogP contribution in [0.5, 0.6) is 0 Å². The van der Waals surface area contributed by atoms with Crippen molar-refractivity contribution in [2.24, 2.45) is 0 Å². The molecule has 3 fully saturated rings. The van der Waals surface area contributed by atoms with Crippen molar-refractivity contribution in [3.8, 4) is 0 Å². The van der Waals surface area contributed by atoms with Crippen molar-refractivity contribution in [3.05, 3.63) is 466 Å². The molecule has 648 valence electrons. The summed E-state index contributed by atoms with van der Waals surface area (Å²) in [6.07, 6.45) is -9.26. The van der Waals surface area contributed by atoms with E-state index in [1.807, 2.05) is 218 Å². The Kier molecular flexibility index (Phi) is 33.6. The fraction of sp³-hybridized carbons (Fsp3) is 0.297. The molecule has 3 aliphatic rings. The average Bonchev–Trinajstić information content (AvgIpc) is 0.783. The molecule has 0 radical (unpaired) electrons. The van der Waals surface area contributed by atoms with Crippen LogP contribution in [0.4, 0.5) is 0 Å². The summed E-state index contributed by atoms with van der Waals surface area (Å²) in [5.41, 5.74) is 15.0. The maximum Gasteiger partial charge on any atom is 0.115 e. The molecule has 13 aromatic rings. The summed E-state index contributed by atoms with van der Waals surface area (Å²) in [5.74, 6) is 0. The number of hydrogen-bond acceptors (Lipinski definition) is 15. The smallest absolute Gasteiger partial charge is 0.115 e. The van der Waals surface area contributed by atoms with Gasteiger partial charge in [-0.15, -0.1) is 0 Å². The van der Waals surface area contributed by atoms with E-state index in [0.29, 0.717) is 39.1 Å². The van der Waals surface area contributed by atoms with Crippen molar-refractivity contribution in [3.63, 3.8) is 0 Å². The number of ether oxygens (including phenoxy) is 15. The van der Waals surface area contributed by atoms with Crippen LogP contribution in [0.3, 0.4) is 0 Å². The molecule has 3 aliphatic heterocycles. The van der Waals surface area contributed by atoms with Gasteiger partial charge in [-0.25, -0.2) is 0 Å². The first-order valence-corrected chi connectivity index (χ1v) is 44.3. The maximum atomic E-state index is 7.80. The van der Waals surface area contributed by atoms with E-state index in [1.54, 1.807) is 0 Å². The van der Waals surface area contributed by atoms with Crippen LogP contribution in [0.1, 0.15) is 83.5 Å². The van der Waals surface area contributed by atoms with Gasteiger partial charge in [0.15, 0.2) is 0 Å². The van der Waals surface area contributed by atoms with Crippen LogP contribution in [0, 0.1) is 0 Å². The van der Waals surface area contributed by atoms with E-state index in [1.165, 1.54) is 0 Å². The van der Waals surface area contributed by atoms with Crippen LogP contribution in [0.15, 0.2) is 382 Å². The molecule has 0 aliphatic carbocycles. The third kappa shape index (κ3) is 26.5. The van der Waals surface area contributed by atoms with Crippen LogP contribution >= 0.6 is 0 Å². The molecule has 0 bridgehead atoms. The predicted octanol–water partition coefficient (Wildman–Crippen LogP) is 20.5. The number of benzene rings is 13. The highest BCUT2D eigenvalue weighted by molar-refractivity contribution is 5.34. The molecule has 15 atom stereocenters. The molecule has 3 heterocycles. The molecular weight excluding hydrogens is 1570 g/mol. The molecule has 0 spiro atoms. The third-order valence-electron chi connectivity index (χ3n) is 23.4. The van der Waals surface area contributed by atoms with Crippen molar-refractivity contribution in [2.45, 2.75) is 190 Å². The Morgan fingerprint density at radius 2 is 0.278 bits per heavy atom.